The van der Waals surface area contributed by atoms with Crippen molar-refractivity contribution in [2.24, 2.45) is 0 Å². The van der Waals surface area contributed by atoms with Gasteiger partial charge in [-0.3, -0.25) is 0 Å². The predicted octanol–water partition coefficient (Wildman–Crippen LogP) is 2.21. The van der Waals surface area contributed by atoms with E-state index in [2.05, 4.69) is 5.32 Å². The molecule has 1 aromatic carbocycles. The molecule has 1 fully saturated rings. The Balaban J connectivity index is 2.02. The second-order valence-corrected chi connectivity index (χ2v) is 4.68. The Hall–Kier alpha value is -1.82. The maximum absolute atomic E-state index is 13.7. The van der Waals surface area contributed by atoms with Crippen LogP contribution in [0.3, 0.4) is 0 Å². The van der Waals surface area contributed by atoms with Crippen LogP contribution in [-0.4, -0.2) is 41.8 Å². The highest BCUT2D eigenvalue weighted by atomic mass is 19.1. The molecule has 2 amide bonds. The second-order valence-electron chi connectivity index (χ2n) is 4.68. The monoisotopic (exact) mass is 282 g/mol. The molecule has 6 heteroatoms. The number of rotatable bonds is 4. The number of carbonyl (C=O) groups is 1. The van der Waals surface area contributed by atoms with Crippen LogP contribution in [0.1, 0.15) is 19.8 Å². The number of hydrogen-bond acceptors (Lipinski definition) is 3. The Bertz CT molecular complexity index is 481. The molecule has 1 atom stereocenters. The van der Waals surface area contributed by atoms with Crippen molar-refractivity contribution in [3.8, 4) is 5.75 Å². The number of anilines is 1. The second kappa shape index (κ2) is 6.56. The van der Waals surface area contributed by atoms with Crippen LogP contribution in [0.4, 0.5) is 14.9 Å². The lowest BCUT2D eigenvalue weighted by Gasteiger charge is -2.23. The Morgan fingerprint density at radius 2 is 2.40 bits per heavy atom. The van der Waals surface area contributed by atoms with E-state index in [-0.39, 0.29) is 24.4 Å². The first-order chi connectivity index (χ1) is 9.65. The van der Waals surface area contributed by atoms with Crippen molar-refractivity contribution < 1.29 is 19.0 Å². The molecule has 1 aromatic rings. The standard InChI is InChI=1S/C14H19FN2O3/c1-2-20-13-6-5-10(8-12(13)15)16-14(19)17-7-3-4-11(17)9-18/h5-6,8,11,18H,2-4,7,9H2,1H3,(H,16,19)/t11-/m0/s1. The molecular weight excluding hydrogens is 263 g/mol. The summed E-state index contributed by atoms with van der Waals surface area (Å²) in [6.07, 6.45) is 1.66. The summed E-state index contributed by atoms with van der Waals surface area (Å²) in [7, 11) is 0. The number of nitrogens with one attached hydrogen (secondary N) is 1. The molecule has 0 spiro atoms. The zero-order chi connectivity index (χ0) is 14.5. The molecule has 0 aliphatic carbocycles. The Morgan fingerprint density at radius 1 is 1.60 bits per heavy atom. The van der Waals surface area contributed by atoms with Crippen molar-refractivity contribution in [2.45, 2.75) is 25.8 Å². The van der Waals surface area contributed by atoms with Crippen molar-refractivity contribution in [2.75, 3.05) is 25.1 Å². The molecule has 110 valence electrons. The summed E-state index contributed by atoms with van der Waals surface area (Å²) in [4.78, 5) is 13.6. The molecule has 0 unspecified atom stereocenters. The van der Waals surface area contributed by atoms with Crippen LogP contribution >= 0.6 is 0 Å². The van der Waals surface area contributed by atoms with Gasteiger partial charge in [0.2, 0.25) is 0 Å². The van der Waals surface area contributed by atoms with Gasteiger partial charge in [-0.1, -0.05) is 0 Å². The van der Waals surface area contributed by atoms with E-state index >= 15 is 0 Å². The van der Waals surface area contributed by atoms with Gasteiger partial charge in [-0.2, -0.15) is 0 Å². The molecule has 2 rings (SSSR count). The number of amides is 2. The number of aliphatic hydroxyl groups is 1. The van der Waals surface area contributed by atoms with Crippen molar-refractivity contribution in [3.05, 3.63) is 24.0 Å². The number of carbonyl (C=O) groups excluding carboxylic acids is 1. The van der Waals surface area contributed by atoms with E-state index in [1.165, 1.54) is 12.1 Å². The van der Waals surface area contributed by atoms with E-state index in [1.807, 2.05) is 0 Å². The maximum atomic E-state index is 13.7. The van der Waals surface area contributed by atoms with Crippen LogP contribution in [0.25, 0.3) is 0 Å². The van der Waals surface area contributed by atoms with Crippen LogP contribution in [0.2, 0.25) is 0 Å². The normalized spacial score (nSPS) is 18.1. The minimum atomic E-state index is -0.509. The van der Waals surface area contributed by atoms with Gasteiger partial charge in [-0.15, -0.1) is 0 Å². The fourth-order valence-electron chi connectivity index (χ4n) is 2.34. The summed E-state index contributed by atoms with van der Waals surface area (Å²) >= 11 is 0. The summed E-state index contributed by atoms with van der Waals surface area (Å²) in [5.41, 5.74) is 0.375. The van der Waals surface area contributed by atoms with Crippen LogP contribution in [0.15, 0.2) is 18.2 Å². The molecule has 1 aliphatic rings. The molecule has 20 heavy (non-hydrogen) atoms. The van der Waals surface area contributed by atoms with Crippen molar-refractivity contribution in [1.82, 2.24) is 4.90 Å². The molecular formula is C14H19FN2O3. The first-order valence-electron chi connectivity index (χ1n) is 6.76. The lowest BCUT2D eigenvalue weighted by atomic mass is 10.2. The van der Waals surface area contributed by atoms with Gasteiger partial charge in [-0.25, -0.2) is 9.18 Å². The lowest BCUT2D eigenvalue weighted by Crippen LogP contribution is -2.40. The number of ether oxygens (including phenoxy) is 1. The molecule has 0 aromatic heterocycles. The van der Waals surface area contributed by atoms with Crippen molar-refractivity contribution in [1.29, 1.82) is 0 Å². The quantitative estimate of drug-likeness (QED) is 0.890. The van der Waals surface area contributed by atoms with Crippen LogP contribution < -0.4 is 10.1 Å². The van der Waals surface area contributed by atoms with Gasteiger partial charge in [0.25, 0.3) is 0 Å². The van der Waals surface area contributed by atoms with E-state index < -0.39 is 5.82 Å². The first-order valence-corrected chi connectivity index (χ1v) is 6.76. The smallest absolute Gasteiger partial charge is 0.322 e. The highest BCUT2D eigenvalue weighted by Gasteiger charge is 2.28. The summed E-state index contributed by atoms with van der Waals surface area (Å²) in [6.45, 7) is 2.72. The van der Waals surface area contributed by atoms with Gasteiger partial charge in [0.15, 0.2) is 11.6 Å². The predicted molar refractivity (Wildman–Crippen MR) is 73.4 cm³/mol. The number of hydrogen-bond donors (Lipinski definition) is 2. The third-order valence-corrected chi connectivity index (χ3v) is 3.33. The highest BCUT2D eigenvalue weighted by molar-refractivity contribution is 5.89. The SMILES string of the molecule is CCOc1ccc(NC(=O)N2CCC[C@H]2CO)cc1F. The number of urea groups is 1. The Kier molecular flexibility index (Phi) is 4.79. The van der Waals surface area contributed by atoms with Crippen LogP contribution in [0, 0.1) is 5.82 Å². The molecule has 1 saturated heterocycles. The number of nitrogens with zero attached hydrogens (tertiary/aromatic N) is 1. The minimum Gasteiger partial charge on any atom is -0.491 e. The van der Waals surface area contributed by atoms with Crippen molar-refractivity contribution >= 4 is 11.7 Å². The molecule has 0 radical (unpaired) electrons. The topological polar surface area (TPSA) is 61.8 Å². The molecule has 0 saturated carbocycles. The van der Waals surface area contributed by atoms with Gasteiger partial charge in [-0.05, 0) is 31.9 Å². The zero-order valence-corrected chi connectivity index (χ0v) is 11.4. The Morgan fingerprint density at radius 3 is 3.05 bits per heavy atom. The van der Waals surface area contributed by atoms with Gasteiger partial charge in [0.1, 0.15) is 0 Å². The minimum absolute atomic E-state index is 0.0505. The third kappa shape index (κ3) is 3.19. The Labute approximate surface area is 117 Å². The van der Waals surface area contributed by atoms with Crippen LogP contribution in [0.5, 0.6) is 5.75 Å². The average molecular weight is 282 g/mol. The summed E-state index contributed by atoms with van der Waals surface area (Å²) in [6, 6.07) is 3.85. The maximum Gasteiger partial charge on any atom is 0.322 e. The number of likely N-dealkylation sites (tertiary alicyclic amines) is 1. The van der Waals surface area contributed by atoms with E-state index in [0.717, 1.165) is 12.8 Å². The van der Waals surface area contributed by atoms with E-state index in [0.29, 0.717) is 18.8 Å². The average Bonchev–Trinajstić information content (AvgIpc) is 2.90. The highest BCUT2D eigenvalue weighted by Crippen LogP contribution is 2.23. The largest absolute Gasteiger partial charge is 0.491 e. The van der Waals surface area contributed by atoms with Crippen molar-refractivity contribution in [3.63, 3.8) is 0 Å². The van der Waals surface area contributed by atoms with Gasteiger partial charge in [0, 0.05) is 18.3 Å². The van der Waals surface area contributed by atoms with Gasteiger partial charge >= 0.3 is 6.03 Å². The number of aliphatic hydroxyl groups excluding tert-OH is 1. The summed E-state index contributed by atoms with van der Waals surface area (Å²) in [5.74, 6) is -0.343. The molecule has 5 nitrogen and oxygen atoms in total. The zero-order valence-electron chi connectivity index (χ0n) is 11.4. The first kappa shape index (κ1) is 14.6. The van der Waals surface area contributed by atoms with E-state index in [1.54, 1.807) is 17.9 Å². The van der Waals surface area contributed by atoms with Gasteiger partial charge in [0.05, 0.1) is 19.3 Å². The van der Waals surface area contributed by atoms with Crippen LogP contribution in [-0.2, 0) is 0 Å². The van der Waals surface area contributed by atoms with E-state index in [9.17, 15) is 14.3 Å². The molecule has 1 heterocycles. The summed E-state index contributed by atoms with van der Waals surface area (Å²) in [5, 5.41) is 11.8. The number of benzene rings is 1. The summed E-state index contributed by atoms with van der Waals surface area (Å²) < 4.78 is 18.8. The van der Waals surface area contributed by atoms with Gasteiger partial charge < -0.3 is 20.1 Å². The molecule has 0 bridgehead atoms. The third-order valence-electron chi connectivity index (χ3n) is 3.33. The number of halogens is 1. The fourth-order valence-corrected chi connectivity index (χ4v) is 2.34. The van der Waals surface area contributed by atoms with E-state index in [4.69, 9.17) is 4.74 Å². The molecule has 2 N–H and O–H groups in total. The lowest BCUT2D eigenvalue weighted by molar-refractivity contribution is 0.166. The fraction of sp³-hybridized carbons (Fsp3) is 0.500. The molecule has 1 aliphatic heterocycles.